The van der Waals surface area contributed by atoms with Crippen LogP contribution in [-0.2, 0) is 23.1 Å². The average molecular weight is 407 g/mol. The fourth-order valence-electron chi connectivity index (χ4n) is 2.70. The summed E-state index contributed by atoms with van der Waals surface area (Å²) in [7, 11) is 1.32. The number of guanidine groups is 1. The highest BCUT2D eigenvalue weighted by Gasteiger charge is 2.20. The Morgan fingerprint density at radius 2 is 1.82 bits per heavy atom. The standard InChI is InChI=1S/C20H27FN4O2S/c1-5-22-20(25(4)15-16-9-8-11-18(21)13-16)23-14-17-10-6-7-12-19(17)28(26,27)24(2)3/h6-13H,5,14-15H2,1-4H3,(H,22,23). The SMILES string of the molecule is CCNC(=NCc1ccccc1S(=O)(=O)N(C)C)N(C)Cc1cccc(F)c1. The summed E-state index contributed by atoms with van der Waals surface area (Å²) in [6, 6.07) is 13.3. The van der Waals surface area contributed by atoms with Crippen molar-refractivity contribution in [2.24, 2.45) is 4.99 Å². The second-order valence-electron chi connectivity index (χ2n) is 6.55. The first-order valence-electron chi connectivity index (χ1n) is 9.00. The third-order valence-electron chi connectivity index (χ3n) is 4.14. The van der Waals surface area contributed by atoms with Crippen LogP contribution in [0.25, 0.3) is 0 Å². The Labute approximate surface area is 166 Å². The van der Waals surface area contributed by atoms with Gasteiger partial charge in [0.05, 0.1) is 11.4 Å². The molecule has 8 heteroatoms. The van der Waals surface area contributed by atoms with Crippen LogP contribution >= 0.6 is 0 Å². The van der Waals surface area contributed by atoms with Gasteiger partial charge in [-0.2, -0.15) is 0 Å². The number of aliphatic imine (C=N–C) groups is 1. The van der Waals surface area contributed by atoms with Crippen molar-refractivity contribution in [3.63, 3.8) is 0 Å². The maximum absolute atomic E-state index is 13.4. The van der Waals surface area contributed by atoms with E-state index in [9.17, 15) is 12.8 Å². The fraction of sp³-hybridized carbons (Fsp3) is 0.350. The monoisotopic (exact) mass is 406 g/mol. The minimum atomic E-state index is -3.55. The number of sulfonamides is 1. The van der Waals surface area contributed by atoms with Crippen molar-refractivity contribution in [2.75, 3.05) is 27.7 Å². The van der Waals surface area contributed by atoms with Crippen molar-refractivity contribution in [3.05, 3.63) is 65.5 Å². The van der Waals surface area contributed by atoms with Crippen LogP contribution in [0.15, 0.2) is 58.4 Å². The van der Waals surface area contributed by atoms with E-state index in [4.69, 9.17) is 0 Å². The molecule has 152 valence electrons. The minimum absolute atomic E-state index is 0.207. The summed E-state index contributed by atoms with van der Waals surface area (Å²) in [6.07, 6.45) is 0. The Hall–Kier alpha value is -2.45. The maximum atomic E-state index is 13.4. The molecule has 0 aliphatic heterocycles. The van der Waals surface area contributed by atoms with Crippen LogP contribution in [0.4, 0.5) is 4.39 Å². The smallest absolute Gasteiger partial charge is 0.242 e. The first-order chi connectivity index (χ1) is 13.3. The lowest BCUT2D eigenvalue weighted by Crippen LogP contribution is -2.38. The molecule has 0 radical (unpaired) electrons. The molecule has 6 nitrogen and oxygen atoms in total. The van der Waals surface area contributed by atoms with E-state index < -0.39 is 10.0 Å². The van der Waals surface area contributed by atoms with E-state index >= 15 is 0 Å². The molecular weight excluding hydrogens is 379 g/mol. The second kappa shape index (κ2) is 9.66. The van der Waals surface area contributed by atoms with Crippen molar-refractivity contribution in [2.45, 2.75) is 24.9 Å². The first kappa shape index (κ1) is 21.8. The normalized spacial score (nSPS) is 12.3. The van der Waals surface area contributed by atoms with Gasteiger partial charge in [0.2, 0.25) is 10.0 Å². The molecule has 28 heavy (non-hydrogen) atoms. The van der Waals surface area contributed by atoms with E-state index in [-0.39, 0.29) is 17.3 Å². The van der Waals surface area contributed by atoms with Crippen LogP contribution in [0, 0.1) is 5.82 Å². The van der Waals surface area contributed by atoms with Gasteiger partial charge in [0.1, 0.15) is 5.82 Å². The number of hydrogen-bond donors (Lipinski definition) is 1. The largest absolute Gasteiger partial charge is 0.357 e. The van der Waals surface area contributed by atoms with Gasteiger partial charge in [0, 0.05) is 34.2 Å². The molecule has 0 heterocycles. The molecule has 1 N–H and O–H groups in total. The van der Waals surface area contributed by atoms with E-state index in [0.29, 0.717) is 24.6 Å². The number of hydrogen-bond acceptors (Lipinski definition) is 3. The number of benzene rings is 2. The van der Waals surface area contributed by atoms with Gasteiger partial charge < -0.3 is 10.2 Å². The number of nitrogens with zero attached hydrogens (tertiary/aromatic N) is 3. The van der Waals surface area contributed by atoms with Crippen molar-refractivity contribution in [1.82, 2.24) is 14.5 Å². The van der Waals surface area contributed by atoms with Crippen LogP contribution in [0.3, 0.4) is 0 Å². The third-order valence-corrected chi connectivity index (χ3v) is 6.05. The highest BCUT2D eigenvalue weighted by molar-refractivity contribution is 7.89. The maximum Gasteiger partial charge on any atom is 0.242 e. The lowest BCUT2D eigenvalue weighted by Gasteiger charge is -2.22. The molecule has 2 aromatic rings. The molecule has 2 aromatic carbocycles. The van der Waals surface area contributed by atoms with Crippen LogP contribution in [0.2, 0.25) is 0 Å². The van der Waals surface area contributed by atoms with Gasteiger partial charge in [-0.3, -0.25) is 0 Å². The Morgan fingerprint density at radius 1 is 1.11 bits per heavy atom. The van der Waals surface area contributed by atoms with E-state index in [0.717, 1.165) is 5.56 Å². The van der Waals surface area contributed by atoms with E-state index in [1.54, 1.807) is 30.3 Å². The van der Waals surface area contributed by atoms with E-state index in [1.165, 1.54) is 30.5 Å². The van der Waals surface area contributed by atoms with E-state index in [1.807, 2.05) is 24.9 Å². The Morgan fingerprint density at radius 3 is 2.46 bits per heavy atom. The predicted octanol–water partition coefficient (Wildman–Crippen LogP) is 2.67. The zero-order valence-corrected chi connectivity index (χ0v) is 17.5. The molecule has 0 spiro atoms. The Bertz CT molecular complexity index is 929. The highest BCUT2D eigenvalue weighted by atomic mass is 32.2. The average Bonchev–Trinajstić information content (AvgIpc) is 2.65. The van der Waals surface area contributed by atoms with Crippen molar-refractivity contribution in [3.8, 4) is 0 Å². The van der Waals surface area contributed by atoms with Gasteiger partial charge in [0.25, 0.3) is 0 Å². The van der Waals surface area contributed by atoms with Crippen molar-refractivity contribution in [1.29, 1.82) is 0 Å². The third kappa shape index (κ3) is 5.53. The van der Waals surface area contributed by atoms with Crippen molar-refractivity contribution < 1.29 is 12.8 Å². The van der Waals surface area contributed by atoms with Gasteiger partial charge in [-0.15, -0.1) is 0 Å². The molecule has 0 aliphatic rings. The molecular formula is C20H27FN4O2S. The number of halogens is 1. The lowest BCUT2D eigenvalue weighted by molar-refractivity contribution is 0.474. The Kier molecular flexibility index (Phi) is 7.53. The van der Waals surface area contributed by atoms with Gasteiger partial charge in [-0.05, 0) is 36.2 Å². The lowest BCUT2D eigenvalue weighted by atomic mass is 10.2. The predicted molar refractivity (Wildman–Crippen MR) is 110 cm³/mol. The number of nitrogens with one attached hydrogen (secondary N) is 1. The molecule has 2 rings (SSSR count). The van der Waals surface area contributed by atoms with Crippen molar-refractivity contribution >= 4 is 16.0 Å². The summed E-state index contributed by atoms with van der Waals surface area (Å²) in [6.45, 7) is 3.29. The van der Waals surface area contributed by atoms with Crippen LogP contribution in [0.1, 0.15) is 18.1 Å². The molecule has 0 aromatic heterocycles. The molecule has 0 fully saturated rings. The van der Waals surface area contributed by atoms with E-state index in [2.05, 4.69) is 10.3 Å². The molecule has 0 bridgehead atoms. The summed E-state index contributed by atoms with van der Waals surface area (Å²) in [5, 5.41) is 3.19. The zero-order chi connectivity index (χ0) is 20.7. The highest BCUT2D eigenvalue weighted by Crippen LogP contribution is 2.19. The Balaban J connectivity index is 2.26. The van der Waals surface area contributed by atoms with Crippen LogP contribution in [-0.4, -0.2) is 51.3 Å². The van der Waals surface area contributed by atoms with Crippen LogP contribution in [0.5, 0.6) is 0 Å². The summed E-state index contributed by atoms with van der Waals surface area (Å²) in [4.78, 5) is 6.71. The quantitative estimate of drug-likeness (QED) is 0.567. The number of rotatable bonds is 7. The summed E-state index contributed by atoms with van der Waals surface area (Å²) in [5.41, 5.74) is 1.44. The summed E-state index contributed by atoms with van der Waals surface area (Å²) >= 11 is 0. The fourth-order valence-corrected chi connectivity index (χ4v) is 3.80. The van der Waals surface area contributed by atoms with Crippen LogP contribution < -0.4 is 5.32 Å². The zero-order valence-electron chi connectivity index (χ0n) is 16.7. The van der Waals surface area contributed by atoms with Gasteiger partial charge >= 0.3 is 0 Å². The topological polar surface area (TPSA) is 65.0 Å². The molecule has 0 atom stereocenters. The first-order valence-corrected chi connectivity index (χ1v) is 10.4. The molecule has 0 saturated heterocycles. The molecule has 0 amide bonds. The van der Waals surface area contributed by atoms with Gasteiger partial charge in [-0.25, -0.2) is 22.1 Å². The molecule has 0 unspecified atom stereocenters. The minimum Gasteiger partial charge on any atom is -0.357 e. The summed E-state index contributed by atoms with van der Waals surface area (Å²) < 4.78 is 39.7. The van der Waals surface area contributed by atoms with Gasteiger partial charge in [0.15, 0.2) is 5.96 Å². The molecule has 0 aliphatic carbocycles. The van der Waals surface area contributed by atoms with Gasteiger partial charge in [-0.1, -0.05) is 30.3 Å². The summed E-state index contributed by atoms with van der Waals surface area (Å²) in [5.74, 6) is 0.333. The second-order valence-corrected chi connectivity index (χ2v) is 8.67. The molecule has 0 saturated carbocycles.